The highest BCUT2D eigenvalue weighted by Crippen LogP contribution is 2.10. The smallest absolute Gasteiger partial charge is 0.132 e. The lowest BCUT2D eigenvalue weighted by Gasteiger charge is -2.03. The lowest BCUT2D eigenvalue weighted by atomic mass is 10.1. The quantitative estimate of drug-likeness (QED) is 0.804. The first-order valence-electron chi connectivity index (χ1n) is 4.86. The highest BCUT2D eigenvalue weighted by molar-refractivity contribution is 5.32. The molecule has 0 radical (unpaired) electrons. The van der Waals surface area contributed by atoms with E-state index in [-0.39, 0.29) is 0 Å². The van der Waals surface area contributed by atoms with Gasteiger partial charge in [0.1, 0.15) is 5.82 Å². The molecule has 2 rings (SSSR count). The number of hydrogen-bond acceptors (Lipinski definition) is 3. The van der Waals surface area contributed by atoms with Gasteiger partial charge in [0.05, 0.1) is 18.1 Å². The molecule has 0 atom stereocenters. The molecule has 1 heterocycles. The predicted molar refractivity (Wildman–Crippen MR) is 60.4 cm³/mol. The van der Waals surface area contributed by atoms with Gasteiger partial charge in [-0.15, -0.1) is 0 Å². The molecule has 0 unspecified atom stereocenters. The van der Waals surface area contributed by atoms with Gasteiger partial charge in [-0.05, 0) is 18.1 Å². The molecule has 15 heavy (non-hydrogen) atoms. The van der Waals surface area contributed by atoms with Crippen molar-refractivity contribution in [1.82, 2.24) is 9.97 Å². The van der Waals surface area contributed by atoms with Crippen molar-refractivity contribution in [3.8, 4) is 0 Å². The van der Waals surface area contributed by atoms with E-state index in [4.69, 9.17) is 5.73 Å². The first kappa shape index (κ1) is 9.65. The molecule has 3 heteroatoms. The summed E-state index contributed by atoms with van der Waals surface area (Å²) < 4.78 is 0. The average Bonchev–Trinajstić information content (AvgIpc) is 2.25. The summed E-state index contributed by atoms with van der Waals surface area (Å²) in [6.07, 6.45) is 4.04. The Hall–Kier alpha value is -1.90. The fraction of sp³-hybridized carbons (Fsp3) is 0.167. The first-order chi connectivity index (χ1) is 7.25. The maximum absolute atomic E-state index is 5.52. The number of aromatic nitrogens is 2. The van der Waals surface area contributed by atoms with Gasteiger partial charge in [-0.2, -0.15) is 0 Å². The molecule has 0 fully saturated rings. The Labute approximate surface area is 89.0 Å². The molecule has 2 N–H and O–H groups in total. The third-order valence-electron chi connectivity index (χ3n) is 2.34. The fourth-order valence-corrected chi connectivity index (χ4v) is 1.43. The maximum Gasteiger partial charge on any atom is 0.132 e. The number of nitrogens with zero attached hydrogens (tertiary/aromatic N) is 2. The number of hydrogen-bond donors (Lipinski definition) is 1. The lowest BCUT2D eigenvalue weighted by Crippen LogP contribution is -1.99. The molecule has 0 saturated heterocycles. The number of benzene rings is 1. The number of nitrogen functional groups attached to an aromatic ring is 1. The zero-order chi connectivity index (χ0) is 10.7. The van der Waals surface area contributed by atoms with Crippen LogP contribution in [0.5, 0.6) is 0 Å². The molecule has 0 amide bonds. The average molecular weight is 199 g/mol. The van der Waals surface area contributed by atoms with Crippen LogP contribution in [0.2, 0.25) is 0 Å². The molecule has 1 aromatic carbocycles. The van der Waals surface area contributed by atoms with E-state index in [1.165, 1.54) is 11.1 Å². The number of anilines is 1. The molecular formula is C12H13N3. The summed E-state index contributed by atoms with van der Waals surface area (Å²) in [5.41, 5.74) is 8.64. The zero-order valence-electron chi connectivity index (χ0n) is 8.64. The van der Waals surface area contributed by atoms with Gasteiger partial charge in [-0.3, -0.25) is 0 Å². The maximum atomic E-state index is 5.52. The summed E-state index contributed by atoms with van der Waals surface area (Å²) in [5, 5.41) is 0. The van der Waals surface area contributed by atoms with Gasteiger partial charge in [0.15, 0.2) is 0 Å². The SMILES string of the molecule is Cc1ccccc1Cc1ncc(N)cn1. The standard InChI is InChI=1S/C12H13N3/c1-9-4-2-3-5-10(9)6-12-14-7-11(13)8-15-12/h2-5,7-8H,6,13H2,1H3. The Balaban J connectivity index is 2.22. The van der Waals surface area contributed by atoms with E-state index < -0.39 is 0 Å². The summed E-state index contributed by atoms with van der Waals surface area (Å²) in [5.74, 6) is 0.804. The van der Waals surface area contributed by atoms with Crippen molar-refractivity contribution in [2.24, 2.45) is 0 Å². The van der Waals surface area contributed by atoms with E-state index in [0.717, 1.165) is 12.2 Å². The van der Waals surface area contributed by atoms with E-state index >= 15 is 0 Å². The number of rotatable bonds is 2. The molecule has 0 saturated carbocycles. The van der Waals surface area contributed by atoms with E-state index in [1.54, 1.807) is 12.4 Å². The summed E-state index contributed by atoms with van der Waals surface area (Å²) in [4.78, 5) is 8.36. The monoisotopic (exact) mass is 199 g/mol. The Kier molecular flexibility index (Phi) is 2.63. The summed E-state index contributed by atoms with van der Waals surface area (Å²) in [6.45, 7) is 2.09. The van der Waals surface area contributed by atoms with E-state index in [9.17, 15) is 0 Å². The number of nitrogens with two attached hydrogens (primary N) is 1. The molecule has 0 bridgehead atoms. The Morgan fingerprint density at radius 1 is 1.13 bits per heavy atom. The Morgan fingerprint density at radius 3 is 2.47 bits per heavy atom. The van der Waals surface area contributed by atoms with Crippen LogP contribution in [0, 0.1) is 6.92 Å². The molecule has 0 aliphatic rings. The molecule has 0 aliphatic heterocycles. The van der Waals surface area contributed by atoms with Gasteiger partial charge in [0, 0.05) is 6.42 Å². The minimum atomic E-state index is 0.600. The molecule has 2 aromatic rings. The van der Waals surface area contributed by atoms with Crippen molar-refractivity contribution in [2.75, 3.05) is 5.73 Å². The Morgan fingerprint density at radius 2 is 1.80 bits per heavy atom. The van der Waals surface area contributed by atoms with Gasteiger partial charge in [-0.25, -0.2) is 9.97 Å². The third kappa shape index (κ3) is 2.31. The second-order valence-electron chi connectivity index (χ2n) is 3.54. The Bertz CT molecular complexity index is 449. The number of aryl methyl sites for hydroxylation is 1. The van der Waals surface area contributed by atoms with Crippen LogP contribution in [0.4, 0.5) is 5.69 Å². The van der Waals surface area contributed by atoms with Crippen molar-refractivity contribution >= 4 is 5.69 Å². The van der Waals surface area contributed by atoms with Crippen molar-refractivity contribution in [1.29, 1.82) is 0 Å². The van der Waals surface area contributed by atoms with Crippen molar-refractivity contribution in [3.05, 3.63) is 53.6 Å². The van der Waals surface area contributed by atoms with Gasteiger partial charge >= 0.3 is 0 Å². The van der Waals surface area contributed by atoms with Gasteiger partial charge < -0.3 is 5.73 Å². The zero-order valence-corrected chi connectivity index (χ0v) is 8.64. The highest BCUT2D eigenvalue weighted by Gasteiger charge is 2.01. The lowest BCUT2D eigenvalue weighted by molar-refractivity contribution is 0.963. The van der Waals surface area contributed by atoms with Crippen LogP contribution in [-0.4, -0.2) is 9.97 Å². The second kappa shape index (κ2) is 4.09. The highest BCUT2D eigenvalue weighted by atomic mass is 14.9. The summed E-state index contributed by atoms with van der Waals surface area (Å²) in [6, 6.07) is 8.24. The van der Waals surface area contributed by atoms with Crippen LogP contribution in [0.15, 0.2) is 36.7 Å². The van der Waals surface area contributed by atoms with Crippen molar-refractivity contribution < 1.29 is 0 Å². The normalized spacial score (nSPS) is 10.2. The molecule has 0 spiro atoms. The van der Waals surface area contributed by atoms with Gasteiger partial charge in [-0.1, -0.05) is 24.3 Å². The van der Waals surface area contributed by atoms with Crippen molar-refractivity contribution in [3.63, 3.8) is 0 Å². The van der Waals surface area contributed by atoms with Crippen LogP contribution in [0.3, 0.4) is 0 Å². The topological polar surface area (TPSA) is 51.8 Å². The van der Waals surface area contributed by atoms with Crippen LogP contribution in [-0.2, 0) is 6.42 Å². The molecule has 3 nitrogen and oxygen atoms in total. The largest absolute Gasteiger partial charge is 0.396 e. The predicted octanol–water partition coefficient (Wildman–Crippen LogP) is 1.96. The van der Waals surface area contributed by atoms with Gasteiger partial charge in [0.2, 0.25) is 0 Å². The minimum absolute atomic E-state index is 0.600. The molecule has 1 aromatic heterocycles. The van der Waals surface area contributed by atoms with E-state index in [0.29, 0.717) is 5.69 Å². The first-order valence-corrected chi connectivity index (χ1v) is 4.86. The second-order valence-corrected chi connectivity index (χ2v) is 3.54. The molecule has 76 valence electrons. The van der Waals surface area contributed by atoms with Crippen LogP contribution >= 0.6 is 0 Å². The minimum Gasteiger partial charge on any atom is -0.396 e. The summed E-state index contributed by atoms with van der Waals surface area (Å²) >= 11 is 0. The van der Waals surface area contributed by atoms with Crippen LogP contribution in [0.25, 0.3) is 0 Å². The fourth-order valence-electron chi connectivity index (χ4n) is 1.43. The van der Waals surface area contributed by atoms with Crippen molar-refractivity contribution in [2.45, 2.75) is 13.3 Å². The van der Waals surface area contributed by atoms with Gasteiger partial charge in [0.25, 0.3) is 0 Å². The van der Waals surface area contributed by atoms with Crippen LogP contribution < -0.4 is 5.73 Å². The third-order valence-corrected chi connectivity index (χ3v) is 2.34. The summed E-state index contributed by atoms with van der Waals surface area (Å²) in [7, 11) is 0. The van der Waals surface area contributed by atoms with Crippen LogP contribution in [0.1, 0.15) is 17.0 Å². The van der Waals surface area contributed by atoms with E-state index in [1.807, 2.05) is 12.1 Å². The van der Waals surface area contributed by atoms with E-state index in [2.05, 4.69) is 29.0 Å². The molecular weight excluding hydrogens is 186 g/mol. The molecule has 0 aliphatic carbocycles.